The van der Waals surface area contributed by atoms with E-state index in [1.54, 1.807) is 0 Å². The van der Waals surface area contributed by atoms with Crippen LogP contribution in [0.3, 0.4) is 0 Å². The van der Waals surface area contributed by atoms with Crippen molar-refractivity contribution in [2.75, 3.05) is 13.6 Å². The van der Waals surface area contributed by atoms with Crippen LogP contribution in [0.5, 0.6) is 0 Å². The van der Waals surface area contributed by atoms with Gasteiger partial charge in [-0.1, -0.05) is 37.6 Å². The number of rotatable bonds is 5. The SMILES string of the molecule is CCCC(CNC)c1ccccc1C. The van der Waals surface area contributed by atoms with Gasteiger partial charge in [0.15, 0.2) is 0 Å². The molecule has 1 rings (SSSR count). The van der Waals surface area contributed by atoms with E-state index in [0.29, 0.717) is 5.92 Å². The molecule has 0 radical (unpaired) electrons. The van der Waals surface area contributed by atoms with E-state index < -0.39 is 0 Å². The molecule has 0 amide bonds. The summed E-state index contributed by atoms with van der Waals surface area (Å²) in [6.07, 6.45) is 2.52. The quantitative estimate of drug-likeness (QED) is 0.754. The van der Waals surface area contributed by atoms with Gasteiger partial charge in [0, 0.05) is 6.54 Å². The van der Waals surface area contributed by atoms with Gasteiger partial charge in [0.25, 0.3) is 0 Å². The summed E-state index contributed by atoms with van der Waals surface area (Å²) in [6.45, 7) is 5.54. The summed E-state index contributed by atoms with van der Waals surface area (Å²) in [7, 11) is 2.03. The second-order valence-electron chi connectivity index (χ2n) is 3.90. The molecule has 0 heterocycles. The van der Waals surface area contributed by atoms with Crippen LogP contribution >= 0.6 is 0 Å². The Hall–Kier alpha value is -0.820. The monoisotopic (exact) mass is 191 g/mol. The largest absolute Gasteiger partial charge is 0.319 e. The van der Waals surface area contributed by atoms with E-state index in [4.69, 9.17) is 0 Å². The van der Waals surface area contributed by atoms with Crippen molar-refractivity contribution in [2.24, 2.45) is 0 Å². The predicted octanol–water partition coefficient (Wildman–Crippen LogP) is 3.10. The van der Waals surface area contributed by atoms with Crippen molar-refractivity contribution in [3.8, 4) is 0 Å². The smallest absolute Gasteiger partial charge is 0.00172 e. The molecule has 1 aromatic rings. The minimum Gasteiger partial charge on any atom is -0.319 e. The molecule has 1 nitrogen and oxygen atoms in total. The summed E-state index contributed by atoms with van der Waals surface area (Å²) in [5.74, 6) is 0.672. The first kappa shape index (κ1) is 11.3. The van der Waals surface area contributed by atoms with Gasteiger partial charge in [0.1, 0.15) is 0 Å². The van der Waals surface area contributed by atoms with Crippen LogP contribution in [-0.2, 0) is 0 Å². The Labute approximate surface area is 87.5 Å². The first-order chi connectivity index (χ1) is 6.79. The van der Waals surface area contributed by atoms with Crippen molar-refractivity contribution < 1.29 is 0 Å². The molecule has 0 aliphatic carbocycles. The predicted molar refractivity (Wildman–Crippen MR) is 62.8 cm³/mol. The van der Waals surface area contributed by atoms with Crippen molar-refractivity contribution in [1.29, 1.82) is 0 Å². The highest BCUT2D eigenvalue weighted by Crippen LogP contribution is 2.23. The third-order valence-electron chi connectivity index (χ3n) is 2.72. The Morgan fingerprint density at radius 2 is 2.00 bits per heavy atom. The molecule has 0 aliphatic rings. The van der Waals surface area contributed by atoms with Crippen molar-refractivity contribution in [2.45, 2.75) is 32.6 Å². The summed E-state index contributed by atoms with van der Waals surface area (Å²) in [6, 6.07) is 8.71. The highest BCUT2D eigenvalue weighted by atomic mass is 14.8. The highest BCUT2D eigenvalue weighted by molar-refractivity contribution is 5.29. The van der Waals surface area contributed by atoms with Crippen molar-refractivity contribution in [1.82, 2.24) is 5.32 Å². The Morgan fingerprint density at radius 3 is 2.57 bits per heavy atom. The van der Waals surface area contributed by atoms with Crippen LogP contribution in [0.2, 0.25) is 0 Å². The average Bonchev–Trinajstić information content (AvgIpc) is 2.18. The number of hydrogen-bond donors (Lipinski definition) is 1. The van der Waals surface area contributed by atoms with Crippen LogP contribution in [0.1, 0.15) is 36.8 Å². The van der Waals surface area contributed by atoms with Crippen LogP contribution in [0.4, 0.5) is 0 Å². The lowest BCUT2D eigenvalue weighted by Crippen LogP contribution is -2.17. The molecule has 1 N–H and O–H groups in total. The van der Waals surface area contributed by atoms with Gasteiger partial charge in [-0.2, -0.15) is 0 Å². The molecule has 78 valence electrons. The first-order valence-corrected chi connectivity index (χ1v) is 5.49. The molecule has 0 spiro atoms. The summed E-state index contributed by atoms with van der Waals surface area (Å²) in [4.78, 5) is 0. The maximum absolute atomic E-state index is 3.28. The van der Waals surface area contributed by atoms with E-state index >= 15 is 0 Å². The second-order valence-corrected chi connectivity index (χ2v) is 3.90. The van der Waals surface area contributed by atoms with Gasteiger partial charge in [0.2, 0.25) is 0 Å². The van der Waals surface area contributed by atoms with E-state index in [1.165, 1.54) is 24.0 Å². The third-order valence-corrected chi connectivity index (χ3v) is 2.72. The molecule has 0 fully saturated rings. The van der Waals surface area contributed by atoms with Gasteiger partial charge in [-0.05, 0) is 37.4 Å². The lowest BCUT2D eigenvalue weighted by atomic mass is 9.91. The molecule has 1 aromatic carbocycles. The fraction of sp³-hybridized carbons (Fsp3) is 0.538. The van der Waals surface area contributed by atoms with E-state index in [2.05, 4.69) is 43.4 Å². The van der Waals surface area contributed by atoms with E-state index in [1.807, 2.05) is 7.05 Å². The fourth-order valence-electron chi connectivity index (χ4n) is 2.01. The van der Waals surface area contributed by atoms with Gasteiger partial charge in [-0.25, -0.2) is 0 Å². The van der Waals surface area contributed by atoms with Crippen LogP contribution in [0.25, 0.3) is 0 Å². The number of nitrogens with one attached hydrogen (secondary N) is 1. The lowest BCUT2D eigenvalue weighted by Gasteiger charge is -2.18. The maximum atomic E-state index is 3.28. The van der Waals surface area contributed by atoms with E-state index in [9.17, 15) is 0 Å². The normalized spacial score (nSPS) is 12.8. The average molecular weight is 191 g/mol. The Bertz CT molecular complexity index is 262. The van der Waals surface area contributed by atoms with Crippen LogP contribution in [0.15, 0.2) is 24.3 Å². The minimum atomic E-state index is 0.672. The van der Waals surface area contributed by atoms with Crippen molar-refractivity contribution >= 4 is 0 Å². The molecule has 0 saturated heterocycles. The van der Waals surface area contributed by atoms with E-state index in [-0.39, 0.29) is 0 Å². The van der Waals surface area contributed by atoms with Crippen LogP contribution < -0.4 is 5.32 Å². The molecule has 0 bridgehead atoms. The molecular weight excluding hydrogens is 170 g/mol. The number of hydrogen-bond acceptors (Lipinski definition) is 1. The molecule has 1 heteroatoms. The van der Waals surface area contributed by atoms with Gasteiger partial charge in [-0.3, -0.25) is 0 Å². The number of likely N-dealkylation sites (N-methyl/N-ethyl adjacent to an activating group) is 1. The number of aryl methyl sites for hydroxylation is 1. The molecule has 1 atom stereocenters. The van der Waals surface area contributed by atoms with Crippen LogP contribution in [-0.4, -0.2) is 13.6 Å². The van der Waals surface area contributed by atoms with Gasteiger partial charge in [-0.15, -0.1) is 0 Å². The van der Waals surface area contributed by atoms with Gasteiger partial charge < -0.3 is 5.32 Å². The zero-order valence-electron chi connectivity index (χ0n) is 9.51. The summed E-state index contributed by atoms with van der Waals surface area (Å²) < 4.78 is 0. The van der Waals surface area contributed by atoms with Crippen LogP contribution in [0, 0.1) is 6.92 Å². The number of benzene rings is 1. The summed E-state index contributed by atoms with van der Waals surface area (Å²) in [5, 5.41) is 3.28. The maximum Gasteiger partial charge on any atom is 0.00172 e. The zero-order chi connectivity index (χ0) is 10.4. The fourth-order valence-corrected chi connectivity index (χ4v) is 2.01. The Morgan fingerprint density at radius 1 is 1.29 bits per heavy atom. The molecule has 0 aliphatic heterocycles. The third kappa shape index (κ3) is 2.85. The topological polar surface area (TPSA) is 12.0 Å². The lowest BCUT2D eigenvalue weighted by molar-refractivity contribution is 0.574. The Kier molecular flexibility index (Phi) is 4.68. The summed E-state index contributed by atoms with van der Waals surface area (Å²) >= 11 is 0. The highest BCUT2D eigenvalue weighted by Gasteiger charge is 2.10. The minimum absolute atomic E-state index is 0.672. The molecular formula is C13H21N. The molecule has 1 unspecified atom stereocenters. The molecule has 14 heavy (non-hydrogen) atoms. The van der Waals surface area contributed by atoms with E-state index in [0.717, 1.165) is 6.54 Å². The molecule has 0 saturated carbocycles. The van der Waals surface area contributed by atoms with Gasteiger partial charge in [0.05, 0.1) is 0 Å². The Balaban J connectivity index is 2.81. The second kappa shape index (κ2) is 5.82. The summed E-state index contributed by atoms with van der Waals surface area (Å²) in [5.41, 5.74) is 2.92. The van der Waals surface area contributed by atoms with Crippen molar-refractivity contribution in [3.63, 3.8) is 0 Å². The van der Waals surface area contributed by atoms with Crippen molar-refractivity contribution in [3.05, 3.63) is 35.4 Å². The standard InChI is InChI=1S/C13H21N/c1-4-7-12(10-14-3)13-9-6-5-8-11(13)2/h5-6,8-9,12,14H,4,7,10H2,1-3H3. The van der Waals surface area contributed by atoms with Gasteiger partial charge >= 0.3 is 0 Å². The zero-order valence-corrected chi connectivity index (χ0v) is 9.51. The molecule has 0 aromatic heterocycles. The first-order valence-electron chi connectivity index (χ1n) is 5.49.